The Kier molecular flexibility index (Phi) is 5.90. The van der Waals surface area contributed by atoms with Crippen molar-refractivity contribution in [3.8, 4) is 0 Å². The van der Waals surface area contributed by atoms with Gasteiger partial charge in [0.15, 0.2) is 0 Å². The van der Waals surface area contributed by atoms with Gasteiger partial charge in [-0.1, -0.05) is 23.7 Å². The van der Waals surface area contributed by atoms with E-state index in [0.29, 0.717) is 17.1 Å². The van der Waals surface area contributed by atoms with Crippen LogP contribution >= 0.6 is 11.6 Å². The minimum absolute atomic E-state index is 0.0935. The monoisotopic (exact) mass is 365 g/mol. The Morgan fingerprint density at radius 3 is 2.64 bits per heavy atom. The molecule has 8 heteroatoms. The number of nitrogens with zero attached hydrogens (tertiary/aromatic N) is 1. The minimum atomic E-state index is -0.508. The van der Waals surface area contributed by atoms with E-state index in [-0.39, 0.29) is 23.9 Å². The van der Waals surface area contributed by atoms with Gasteiger partial charge in [-0.15, -0.1) is 0 Å². The average Bonchev–Trinajstić information content (AvgIpc) is 3.05. The molecule has 0 spiro atoms. The lowest BCUT2D eigenvalue weighted by Gasteiger charge is -2.30. The summed E-state index contributed by atoms with van der Waals surface area (Å²) in [5.74, 6) is -0.373. The molecule has 2 aliphatic rings. The molecule has 2 fully saturated rings. The van der Waals surface area contributed by atoms with Crippen LogP contribution in [0, 0.1) is 0 Å². The molecule has 0 radical (unpaired) electrons. The van der Waals surface area contributed by atoms with E-state index in [2.05, 4.69) is 33.4 Å². The van der Waals surface area contributed by atoms with E-state index >= 15 is 0 Å². The Morgan fingerprint density at radius 2 is 1.92 bits per heavy atom. The number of nitrogens with one attached hydrogen (secondary N) is 4. The second-order valence-electron chi connectivity index (χ2n) is 6.65. The molecule has 2 atom stereocenters. The van der Waals surface area contributed by atoms with Crippen LogP contribution in [0.2, 0.25) is 5.02 Å². The average molecular weight is 366 g/mol. The van der Waals surface area contributed by atoms with Gasteiger partial charge in [0, 0.05) is 12.6 Å². The fraction of sp³-hybridized carbons (Fsp3) is 0.529. The van der Waals surface area contributed by atoms with Gasteiger partial charge < -0.3 is 15.5 Å². The number of benzene rings is 1. The maximum absolute atomic E-state index is 12.6. The van der Waals surface area contributed by atoms with Crippen LogP contribution in [0.1, 0.15) is 23.2 Å². The number of halogens is 1. The predicted octanol–water partition coefficient (Wildman–Crippen LogP) is 0.125. The first kappa shape index (κ1) is 18.1. The zero-order valence-corrected chi connectivity index (χ0v) is 15.0. The Hall–Kier alpha value is -1.67. The Balaban J connectivity index is 1.57. The van der Waals surface area contributed by atoms with Gasteiger partial charge in [0.1, 0.15) is 6.04 Å². The number of rotatable bonds is 4. The summed E-state index contributed by atoms with van der Waals surface area (Å²) in [5, 5.41) is 6.38. The number of likely N-dealkylation sites (tertiary alicyclic amines) is 1. The van der Waals surface area contributed by atoms with Crippen LogP contribution < -0.4 is 21.5 Å². The molecule has 4 N–H and O–H groups in total. The van der Waals surface area contributed by atoms with Crippen LogP contribution in [0.25, 0.3) is 0 Å². The highest BCUT2D eigenvalue weighted by atomic mass is 35.5. The van der Waals surface area contributed by atoms with Crippen LogP contribution in [0.5, 0.6) is 0 Å². The van der Waals surface area contributed by atoms with Crippen molar-refractivity contribution in [1.29, 1.82) is 0 Å². The Bertz CT molecular complexity index is 633. The molecule has 25 heavy (non-hydrogen) atoms. The van der Waals surface area contributed by atoms with Gasteiger partial charge in [0.25, 0.3) is 5.91 Å². The molecular weight excluding hydrogens is 342 g/mol. The summed E-state index contributed by atoms with van der Waals surface area (Å²) >= 11 is 6.07. The van der Waals surface area contributed by atoms with E-state index in [1.54, 1.807) is 24.3 Å². The summed E-state index contributed by atoms with van der Waals surface area (Å²) in [5.41, 5.74) is 6.32. The van der Waals surface area contributed by atoms with Gasteiger partial charge in [0.2, 0.25) is 5.91 Å². The molecule has 0 aromatic heterocycles. The van der Waals surface area contributed by atoms with Crippen molar-refractivity contribution in [1.82, 2.24) is 26.4 Å². The third-order valence-electron chi connectivity index (χ3n) is 4.76. The first-order chi connectivity index (χ1) is 12.0. The van der Waals surface area contributed by atoms with Crippen LogP contribution in [-0.4, -0.2) is 61.5 Å². The van der Waals surface area contributed by atoms with Crippen LogP contribution in [0.15, 0.2) is 24.3 Å². The number of carbonyl (C=O) groups excluding carboxylic acids is 2. The van der Waals surface area contributed by atoms with Crippen LogP contribution in [0.4, 0.5) is 0 Å². The zero-order valence-electron chi connectivity index (χ0n) is 14.2. The van der Waals surface area contributed by atoms with Crippen molar-refractivity contribution < 1.29 is 9.59 Å². The normalized spacial score (nSPS) is 24.9. The zero-order chi connectivity index (χ0) is 17.8. The summed E-state index contributed by atoms with van der Waals surface area (Å²) in [4.78, 5) is 27.3. The van der Waals surface area contributed by atoms with Crippen LogP contribution in [-0.2, 0) is 4.79 Å². The molecule has 2 unspecified atom stereocenters. The van der Waals surface area contributed by atoms with Crippen molar-refractivity contribution in [3.63, 3.8) is 0 Å². The second-order valence-corrected chi connectivity index (χ2v) is 7.06. The van der Waals surface area contributed by atoms with E-state index < -0.39 is 6.04 Å². The van der Waals surface area contributed by atoms with Crippen molar-refractivity contribution in [2.24, 2.45) is 0 Å². The quantitative estimate of drug-likeness (QED) is 0.609. The van der Waals surface area contributed by atoms with Gasteiger partial charge in [-0.2, -0.15) is 0 Å². The third-order valence-corrected chi connectivity index (χ3v) is 5.09. The molecule has 2 saturated heterocycles. The van der Waals surface area contributed by atoms with Gasteiger partial charge in [-0.25, -0.2) is 5.43 Å². The highest BCUT2D eigenvalue weighted by Gasteiger charge is 2.35. The number of hydrogen-bond acceptors (Lipinski definition) is 5. The number of carbonyl (C=O) groups is 2. The molecule has 7 nitrogen and oxygen atoms in total. The largest absolute Gasteiger partial charge is 0.352 e. The van der Waals surface area contributed by atoms with E-state index in [0.717, 1.165) is 25.9 Å². The lowest BCUT2D eigenvalue weighted by Crippen LogP contribution is -2.56. The molecule has 1 aromatic rings. The summed E-state index contributed by atoms with van der Waals surface area (Å²) in [7, 11) is 2.08. The number of piperidine rings is 1. The van der Waals surface area contributed by atoms with Crippen molar-refractivity contribution in [3.05, 3.63) is 34.9 Å². The smallest absolute Gasteiger partial charge is 0.253 e. The lowest BCUT2D eigenvalue weighted by atomic mass is 10.0. The van der Waals surface area contributed by atoms with Crippen LogP contribution in [0.3, 0.4) is 0 Å². The summed E-state index contributed by atoms with van der Waals surface area (Å²) in [6.45, 7) is 2.43. The summed E-state index contributed by atoms with van der Waals surface area (Å²) in [6.07, 6.45) is 1.89. The second kappa shape index (κ2) is 8.14. The number of hydrogen-bond donors (Lipinski definition) is 4. The Morgan fingerprint density at radius 1 is 1.20 bits per heavy atom. The molecular formula is C17H24ClN5O2. The number of hydrazine groups is 1. The molecule has 0 aliphatic carbocycles. The van der Waals surface area contributed by atoms with Crippen molar-refractivity contribution in [2.75, 3.05) is 26.7 Å². The molecule has 3 rings (SSSR count). The first-order valence-corrected chi connectivity index (χ1v) is 8.95. The first-order valence-electron chi connectivity index (χ1n) is 8.57. The van der Waals surface area contributed by atoms with Gasteiger partial charge in [-0.3, -0.25) is 15.0 Å². The van der Waals surface area contributed by atoms with Gasteiger partial charge >= 0.3 is 0 Å². The Labute approximate surface area is 152 Å². The standard InChI is InChI=1S/C17H24ClN5O2/c1-23-8-6-11(7-9-23)20-17(25)15-14(10-19-22-15)21-16(24)12-4-2-3-5-13(12)18/h2-5,11,14-15,19,22H,6-10H2,1H3,(H,20,25)(H,21,24). The molecule has 2 heterocycles. The molecule has 2 amide bonds. The van der Waals surface area contributed by atoms with Gasteiger partial charge in [-0.05, 0) is 45.1 Å². The third kappa shape index (κ3) is 4.49. The van der Waals surface area contributed by atoms with Gasteiger partial charge in [0.05, 0.1) is 16.6 Å². The predicted molar refractivity (Wildman–Crippen MR) is 96.3 cm³/mol. The molecule has 0 saturated carbocycles. The topological polar surface area (TPSA) is 85.5 Å². The maximum Gasteiger partial charge on any atom is 0.253 e. The fourth-order valence-electron chi connectivity index (χ4n) is 3.22. The fourth-order valence-corrected chi connectivity index (χ4v) is 3.44. The number of amides is 2. The summed E-state index contributed by atoms with van der Waals surface area (Å²) < 4.78 is 0. The highest BCUT2D eigenvalue weighted by molar-refractivity contribution is 6.33. The molecule has 1 aromatic carbocycles. The SMILES string of the molecule is CN1CCC(NC(=O)C2NNCC2NC(=O)c2ccccc2Cl)CC1. The van der Waals surface area contributed by atoms with E-state index in [1.807, 2.05) is 0 Å². The van der Waals surface area contributed by atoms with E-state index in [9.17, 15) is 9.59 Å². The van der Waals surface area contributed by atoms with E-state index in [4.69, 9.17) is 11.6 Å². The maximum atomic E-state index is 12.6. The summed E-state index contributed by atoms with van der Waals surface area (Å²) in [6, 6.07) is 6.21. The van der Waals surface area contributed by atoms with E-state index in [1.165, 1.54) is 0 Å². The van der Waals surface area contributed by atoms with Crippen molar-refractivity contribution in [2.45, 2.75) is 31.0 Å². The highest BCUT2D eigenvalue weighted by Crippen LogP contribution is 2.15. The van der Waals surface area contributed by atoms with Crippen molar-refractivity contribution >= 4 is 23.4 Å². The molecule has 136 valence electrons. The molecule has 0 bridgehead atoms. The minimum Gasteiger partial charge on any atom is -0.352 e. The lowest BCUT2D eigenvalue weighted by molar-refractivity contribution is -0.124. The molecule has 2 aliphatic heterocycles.